The van der Waals surface area contributed by atoms with Gasteiger partial charge in [0.25, 0.3) is 0 Å². The van der Waals surface area contributed by atoms with E-state index in [4.69, 9.17) is 4.74 Å². The summed E-state index contributed by atoms with van der Waals surface area (Å²) in [7, 11) is 1.23. The molecule has 0 aromatic heterocycles. The van der Waals surface area contributed by atoms with E-state index in [9.17, 15) is 14.7 Å². The van der Waals surface area contributed by atoms with Crippen molar-refractivity contribution in [2.45, 2.75) is 44.9 Å². The molecule has 1 N–H and O–H groups in total. The van der Waals surface area contributed by atoms with Gasteiger partial charge in [-0.3, -0.25) is 4.90 Å². The Bertz CT molecular complexity index is 294. The number of amides is 1. The zero-order valence-corrected chi connectivity index (χ0v) is 10.4. The third-order valence-corrected chi connectivity index (χ3v) is 2.92. The first-order valence-electron chi connectivity index (χ1n) is 5.74. The van der Waals surface area contributed by atoms with Gasteiger partial charge in [0.2, 0.25) is 0 Å². The van der Waals surface area contributed by atoms with E-state index >= 15 is 0 Å². The van der Waals surface area contributed by atoms with Gasteiger partial charge in [-0.1, -0.05) is 6.92 Å². The van der Waals surface area contributed by atoms with Crippen molar-refractivity contribution in [2.75, 3.05) is 13.7 Å². The highest BCUT2D eigenvalue weighted by atomic mass is 16.6. The van der Waals surface area contributed by atoms with E-state index in [0.29, 0.717) is 19.4 Å². The maximum atomic E-state index is 11.8. The molecule has 0 aromatic carbocycles. The fraction of sp³-hybridized carbons (Fsp3) is 0.818. The summed E-state index contributed by atoms with van der Waals surface area (Å²) in [4.78, 5) is 24.5. The number of aliphatic hydroxyl groups excluding tert-OH is 1. The van der Waals surface area contributed by atoms with Crippen LogP contribution in [0.15, 0.2) is 0 Å². The molecule has 3 atom stereocenters. The number of esters is 1. The van der Waals surface area contributed by atoms with Crippen molar-refractivity contribution in [2.24, 2.45) is 0 Å². The molecule has 0 saturated carbocycles. The molecule has 0 radical (unpaired) electrons. The van der Waals surface area contributed by atoms with Crippen LogP contribution in [0.3, 0.4) is 0 Å². The van der Waals surface area contributed by atoms with E-state index in [0.717, 1.165) is 0 Å². The number of methoxy groups -OCH3 is 1. The average molecular weight is 245 g/mol. The van der Waals surface area contributed by atoms with E-state index < -0.39 is 24.2 Å². The summed E-state index contributed by atoms with van der Waals surface area (Å²) >= 11 is 0. The summed E-state index contributed by atoms with van der Waals surface area (Å²) in [5.41, 5.74) is 0. The third-order valence-electron chi connectivity index (χ3n) is 2.92. The number of ether oxygens (including phenoxy) is 2. The van der Waals surface area contributed by atoms with Gasteiger partial charge < -0.3 is 14.6 Å². The van der Waals surface area contributed by atoms with E-state index in [2.05, 4.69) is 4.74 Å². The van der Waals surface area contributed by atoms with Crippen LogP contribution in [0.4, 0.5) is 4.79 Å². The molecular formula is C11H19NO5. The van der Waals surface area contributed by atoms with E-state index in [1.54, 1.807) is 6.92 Å². The first-order valence-corrected chi connectivity index (χ1v) is 5.74. The fourth-order valence-corrected chi connectivity index (χ4v) is 1.71. The largest absolute Gasteiger partial charge is 0.467 e. The highest BCUT2D eigenvalue weighted by molar-refractivity contribution is 5.82. The molecule has 1 heterocycles. The van der Waals surface area contributed by atoms with Crippen LogP contribution >= 0.6 is 0 Å². The Morgan fingerprint density at radius 3 is 2.71 bits per heavy atom. The summed E-state index contributed by atoms with van der Waals surface area (Å²) in [6, 6.07) is -0.948. The number of rotatable bonds is 3. The normalized spacial score (nSPS) is 25.5. The predicted octanol–water partition coefficient (Wildman–Crippen LogP) is 0.530. The van der Waals surface area contributed by atoms with Crippen LogP contribution in [0.2, 0.25) is 0 Å². The molecule has 1 saturated heterocycles. The summed E-state index contributed by atoms with van der Waals surface area (Å²) in [6.07, 6.45) is -0.614. The molecule has 6 heteroatoms. The highest BCUT2D eigenvalue weighted by Crippen LogP contribution is 2.20. The van der Waals surface area contributed by atoms with Crippen molar-refractivity contribution in [1.29, 1.82) is 0 Å². The number of hydrogen-bond donors (Lipinski definition) is 1. The third kappa shape index (κ3) is 3.09. The molecular weight excluding hydrogens is 226 g/mol. The number of likely N-dealkylation sites (tertiary alicyclic amines) is 1. The van der Waals surface area contributed by atoms with Gasteiger partial charge in [0.15, 0.2) is 6.04 Å². The SMILES string of the molecule is CCC(C)OC(=O)N1CCC(O)C1C(=O)OC. The highest BCUT2D eigenvalue weighted by Gasteiger charge is 2.42. The van der Waals surface area contributed by atoms with Crippen molar-refractivity contribution < 1.29 is 24.2 Å². The standard InChI is InChI=1S/C11H19NO5/c1-4-7(2)17-11(15)12-6-5-8(13)9(12)10(14)16-3/h7-9,13H,4-6H2,1-3H3. The Morgan fingerprint density at radius 2 is 2.18 bits per heavy atom. The Kier molecular flexibility index (Phi) is 4.74. The molecule has 1 aliphatic heterocycles. The number of hydrogen-bond acceptors (Lipinski definition) is 5. The van der Waals surface area contributed by atoms with Gasteiger partial charge in [-0.05, 0) is 19.8 Å². The topological polar surface area (TPSA) is 76.1 Å². The monoisotopic (exact) mass is 245 g/mol. The molecule has 0 aliphatic carbocycles. The minimum atomic E-state index is -0.948. The van der Waals surface area contributed by atoms with Crippen molar-refractivity contribution in [3.8, 4) is 0 Å². The first-order chi connectivity index (χ1) is 8.01. The van der Waals surface area contributed by atoms with Crippen molar-refractivity contribution >= 4 is 12.1 Å². The van der Waals surface area contributed by atoms with Crippen LogP contribution in [0.25, 0.3) is 0 Å². The van der Waals surface area contributed by atoms with Crippen LogP contribution in [0.1, 0.15) is 26.7 Å². The smallest absolute Gasteiger partial charge is 0.410 e. The number of carbonyl (C=O) groups is 2. The quantitative estimate of drug-likeness (QED) is 0.734. The van der Waals surface area contributed by atoms with Crippen molar-refractivity contribution in [1.82, 2.24) is 4.90 Å². The molecule has 1 fully saturated rings. The molecule has 1 aliphatic rings. The predicted molar refractivity (Wildman–Crippen MR) is 59.4 cm³/mol. The molecule has 98 valence electrons. The average Bonchev–Trinajstić information content (AvgIpc) is 2.70. The van der Waals surface area contributed by atoms with E-state index in [-0.39, 0.29) is 6.10 Å². The second-order valence-electron chi connectivity index (χ2n) is 4.12. The summed E-state index contributed by atoms with van der Waals surface area (Å²) in [5.74, 6) is -0.615. The Hall–Kier alpha value is -1.30. The van der Waals surface area contributed by atoms with Gasteiger partial charge in [-0.15, -0.1) is 0 Å². The molecule has 0 bridgehead atoms. The lowest BCUT2D eigenvalue weighted by atomic mass is 10.2. The summed E-state index contributed by atoms with van der Waals surface area (Å²) in [5, 5.41) is 9.65. The second kappa shape index (κ2) is 5.86. The fourth-order valence-electron chi connectivity index (χ4n) is 1.71. The van der Waals surface area contributed by atoms with Crippen LogP contribution in [-0.4, -0.2) is 54.0 Å². The Morgan fingerprint density at radius 1 is 1.53 bits per heavy atom. The minimum absolute atomic E-state index is 0.210. The maximum absolute atomic E-state index is 11.8. The van der Waals surface area contributed by atoms with Gasteiger partial charge >= 0.3 is 12.1 Å². The van der Waals surface area contributed by atoms with Gasteiger partial charge in [-0.25, -0.2) is 9.59 Å². The van der Waals surface area contributed by atoms with Gasteiger partial charge in [0, 0.05) is 6.54 Å². The molecule has 3 unspecified atom stereocenters. The minimum Gasteiger partial charge on any atom is -0.467 e. The number of nitrogens with zero attached hydrogens (tertiary/aromatic N) is 1. The van der Waals surface area contributed by atoms with Gasteiger partial charge in [-0.2, -0.15) is 0 Å². The molecule has 0 spiro atoms. The lowest BCUT2D eigenvalue weighted by Gasteiger charge is -2.24. The molecule has 6 nitrogen and oxygen atoms in total. The second-order valence-corrected chi connectivity index (χ2v) is 4.12. The number of carbonyl (C=O) groups excluding carboxylic acids is 2. The van der Waals surface area contributed by atoms with Crippen LogP contribution in [0.5, 0.6) is 0 Å². The Balaban J connectivity index is 2.68. The van der Waals surface area contributed by atoms with Crippen molar-refractivity contribution in [3.05, 3.63) is 0 Å². The van der Waals surface area contributed by atoms with Gasteiger partial charge in [0.05, 0.1) is 13.2 Å². The van der Waals surface area contributed by atoms with Crippen LogP contribution < -0.4 is 0 Å². The lowest BCUT2D eigenvalue weighted by molar-refractivity contribution is -0.148. The summed E-state index contributed by atoms with van der Waals surface area (Å²) < 4.78 is 9.69. The molecule has 0 aromatic rings. The van der Waals surface area contributed by atoms with Crippen LogP contribution in [-0.2, 0) is 14.3 Å². The zero-order valence-electron chi connectivity index (χ0n) is 10.4. The number of aliphatic hydroxyl groups is 1. The van der Waals surface area contributed by atoms with E-state index in [1.165, 1.54) is 12.0 Å². The Labute approximate surface area is 100 Å². The molecule has 1 rings (SSSR count). The zero-order chi connectivity index (χ0) is 13.0. The lowest BCUT2D eigenvalue weighted by Crippen LogP contribution is -2.46. The maximum Gasteiger partial charge on any atom is 0.410 e. The van der Waals surface area contributed by atoms with E-state index in [1.807, 2.05) is 6.92 Å². The first kappa shape index (κ1) is 13.8. The van der Waals surface area contributed by atoms with Gasteiger partial charge in [0.1, 0.15) is 6.10 Å². The van der Waals surface area contributed by atoms with Crippen LogP contribution in [0, 0.1) is 0 Å². The van der Waals surface area contributed by atoms with Crippen molar-refractivity contribution in [3.63, 3.8) is 0 Å². The summed E-state index contributed by atoms with van der Waals surface area (Å²) in [6.45, 7) is 3.97. The molecule has 1 amide bonds. The molecule has 17 heavy (non-hydrogen) atoms.